The lowest BCUT2D eigenvalue weighted by Crippen LogP contribution is -1.98. The lowest BCUT2D eigenvalue weighted by molar-refractivity contribution is 0.688. The Labute approximate surface area is 128 Å². The van der Waals surface area contributed by atoms with E-state index in [2.05, 4.69) is 42.4 Å². The summed E-state index contributed by atoms with van der Waals surface area (Å²) >= 11 is 0. The fourth-order valence-electron chi connectivity index (χ4n) is 2.82. The van der Waals surface area contributed by atoms with Gasteiger partial charge in [-0.25, -0.2) is 0 Å². The Morgan fingerprint density at radius 3 is 2.67 bits per heavy atom. The van der Waals surface area contributed by atoms with Crippen molar-refractivity contribution in [2.75, 3.05) is 6.54 Å². The van der Waals surface area contributed by atoms with Crippen molar-refractivity contribution in [3.05, 3.63) is 41.6 Å². The summed E-state index contributed by atoms with van der Waals surface area (Å²) in [6.45, 7) is 3.05. The average Bonchev–Trinajstić information content (AvgIpc) is 2.52. The van der Waals surface area contributed by atoms with E-state index in [4.69, 9.17) is 5.73 Å². The van der Waals surface area contributed by atoms with E-state index in [1.54, 1.807) is 0 Å². The lowest BCUT2D eigenvalue weighted by atomic mass is 9.99. The van der Waals surface area contributed by atoms with Gasteiger partial charge in [-0.2, -0.15) is 0 Å². The molecular weight excluding hydrogens is 256 g/mol. The van der Waals surface area contributed by atoms with Gasteiger partial charge in [-0.15, -0.1) is 0 Å². The molecule has 21 heavy (non-hydrogen) atoms. The third-order valence-electron chi connectivity index (χ3n) is 4.09. The number of hydrogen-bond acceptors (Lipinski definition) is 2. The van der Waals surface area contributed by atoms with Crippen molar-refractivity contribution in [3.63, 3.8) is 0 Å². The normalized spacial score (nSPS) is 11.1. The zero-order chi connectivity index (χ0) is 14.9. The highest BCUT2D eigenvalue weighted by molar-refractivity contribution is 5.82. The molecule has 0 fully saturated rings. The van der Waals surface area contributed by atoms with Gasteiger partial charge in [0.2, 0.25) is 0 Å². The minimum absolute atomic E-state index is 0.804. The average molecular weight is 284 g/mol. The van der Waals surface area contributed by atoms with Crippen LogP contribution in [0.2, 0.25) is 0 Å². The second-order valence-electron chi connectivity index (χ2n) is 5.88. The molecule has 0 bridgehead atoms. The van der Waals surface area contributed by atoms with Crippen molar-refractivity contribution < 1.29 is 0 Å². The molecule has 2 rings (SSSR count). The largest absolute Gasteiger partial charge is 0.330 e. The summed E-state index contributed by atoms with van der Waals surface area (Å²) in [5.74, 6) is 0. The minimum atomic E-state index is 0.804. The Morgan fingerprint density at radius 2 is 1.86 bits per heavy atom. The van der Waals surface area contributed by atoms with Crippen LogP contribution in [0.3, 0.4) is 0 Å². The predicted octanol–water partition coefficient (Wildman–Crippen LogP) is 4.64. The Balaban J connectivity index is 2.10. The highest BCUT2D eigenvalue weighted by atomic mass is 14.6. The van der Waals surface area contributed by atoms with Crippen LogP contribution in [-0.4, -0.2) is 11.5 Å². The van der Waals surface area contributed by atoms with E-state index in [-0.39, 0.29) is 0 Å². The van der Waals surface area contributed by atoms with Crippen molar-refractivity contribution in [2.45, 2.75) is 58.3 Å². The lowest BCUT2D eigenvalue weighted by Gasteiger charge is -2.08. The maximum atomic E-state index is 5.57. The van der Waals surface area contributed by atoms with E-state index in [0.29, 0.717) is 0 Å². The second kappa shape index (κ2) is 8.78. The Hall–Kier alpha value is -1.41. The minimum Gasteiger partial charge on any atom is -0.330 e. The molecule has 2 N–H and O–H groups in total. The van der Waals surface area contributed by atoms with Crippen molar-refractivity contribution in [2.24, 2.45) is 5.73 Å². The summed E-state index contributed by atoms with van der Waals surface area (Å²) in [6, 6.07) is 8.86. The quantitative estimate of drug-likeness (QED) is 0.681. The monoisotopic (exact) mass is 284 g/mol. The van der Waals surface area contributed by atoms with Gasteiger partial charge in [-0.3, -0.25) is 4.98 Å². The highest BCUT2D eigenvalue weighted by Gasteiger charge is 2.04. The number of aryl methyl sites for hydroxylation is 2. The van der Waals surface area contributed by atoms with E-state index in [9.17, 15) is 0 Å². The van der Waals surface area contributed by atoms with E-state index < -0.39 is 0 Å². The fraction of sp³-hybridized carbons (Fsp3) is 0.526. The van der Waals surface area contributed by atoms with Gasteiger partial charge in [0.05, 0.1) is 5.52 Å². The van der Waals surface area contributed by atoms with Crippen LogP contribution in [0.15, 0.2) is 30.5 Å². The molecule has 0 radical (unpaired) electrons. The second-order valence-corrected chi connectivity index (χ2v) is 5.88. The van der Waals surface area contributed by atoms with Crippen molar-refractivity contribution >= 4 is 10.9 Å². The molecule has 114 valence electrons. The molecule has 0 saturated heterocycles. The van der Waals surface area contributed by atoms with Crippen molar-refractivity contribution in [3.8, 4) is 0 Å². The van der Waals surface area contributed by atoms with Gasteiger partial charge < -0.3 is 5.73 Å². The molecule has 0 aliphatic rings. The van der Waals surface area contributed by atoms with E-state index in [1.807, 2.05) is 0 Å². The molecule has 0 aliphatic carbocycles. The number of benzene rings is 1. The zero-order valence-corrected chi connectivity index (χ0v) is 13.3. The molecule has 1 aromatic carbocycles. The Kier molecular flexibility index (Phi) is 6.68. The summed E-state index contributed by atoms with van der Waals surface area (Å²) in [6.07, 6.45) is 11.7. The zero-order valence-electron chi connectivity index (χ0n) is 13.3. The van der Waals surface area contributed by atoms with Crippen LogP contribution in [-0.2, 0) is 12.8 Å². The third kappa shape index (κ3) is 4.82. The number of nitrogens with two attached hydrogens (primary N) is 1. The number of unbranched alkanes of at least 4 members (excludes halogenated alkanes) is 4. The summed E-state index contributed by atoms with van der Waals surface area (Å²) in [5.41, 5.74) is 9.52. The van der Waals surface area contributed by atoms with E-state index >= 15 is 0 Å². The number of rotatable bonds is 9. The molecular formula is C19H28N2. The van der Waals surface area contributed by atoms with Gasteiger partial charge in [0.25, 0.3) is 0 Å². The predicted molar refractivity (Wildman–Crippen MR) is 91.6 cm³/mol. The number of pyridine rings is 1. The van der Waals surface area contributed by atoms with Crippen LogP contribution < -0.4 is 5.73 Å². The summed E-state index contributed by atoms with van der Waals surface area (Å²) in [7, 11) is 0. The summed E-state index contributed by atoms with van der Waals surface area (Å²) in [5, 5.41) is 1.35. The molecule has 0 atom stereocenters. The fourth-order valence-corrected chi connectivity index (χ4v) is 2.82. The van der Waals surface area contributed by atoms with E-state index in [0.717, 1.165) is 31.3 Å². The molecule has 0 unspecified atom stereocenters. The molecule has 1 heterocycles. The Bertz CT molecular complexity index is 548. The van der Waals surface area contributed by atoms with Crippen LogP contribution in [0.4, 0.5) is 0 Å². The third-order valence-corrected chi connectivity index (χ3v) is 4.09. The topological polar surface area (TPSA) is 38.9 Å². The Morgan fingerprint density at radius 1 is 1.00 bits per heavy atom. The maximum Gasteiger partial charge on any atom is 0.0704 e. The first-order valence-electron chi connectivity index (χ1n) is 8.41. The molecule has 0 aliphatic heterocycles. The van der Waals surface area contributed by atoms with Gasteiger partial charge in [-0.05, 0) is 61.9 Å². The SMILES string of the molecule is CCCCCc1cnc2cccc(CCCCCN)c2c1. The standard InChI is InChI=1S/C19H28N2/c1-2-3-5-9-16-14-18-17(10-6-4-7-13-20)11-8-12-19(18)21-15-16/h8,11-12,14-15H,2-7,9-10,13,20H2,1H3. The molecule has 0 saturated carbocycles. The summed E-state index contributed by atoms with van der Waals surface area (Å²) in [4.78, 5) is 4.64. The van der Waals surface area contributed by atoms with Crippen LogP contribution in [0, 0.1) is 0 Å². The first-order valence-corrected chi connectivity index (χ1v) is 8.41. The van der Waals surface area contributed by atoms with Crippen LogP contribution in [0.5, 0.6) is 0 Å². The van der Waals surface area contributed by atoms with E-state index in [1.165, 1.54) is 48.6 Å². The molecule has 1 aromatic heterocycles. The van der Waals surface area contributed by atoms with Crippen molar-refractivity contribution in [1.82, 2.24) is 4.98 Å². The van der Waals surface area contributed by atoms with Crippen LogP contribution in [0.25, 0.3) is 10.9 Å². The number of aromatic nitrogens is 1. The smallest absolute Gasteiger partial charge is 0.0704 e. The number of nitrogens with zero attached hydrogens (tertiary/aromatic N) is 1. The molecule has 2 nitrogen and oxygen atoms in total. The summed E-state index contributed by atoms with van der Waals surface area (Å²) < 4.78 is 0. The molecule has 0 spiro atoms. The molecule has 2 heteroatoms. The first-order chi connectivity index (χ1) is 10.3. The molecule has 2 aromatic rings. The number of hydrogen-bond donors (Lipinski definition) is 1. The highest BCUT2D eigenvalue weighted by Crippen LogP contribution is 2.21. The van der Waals surface area contributed by atoms with Crippen LogP contribution in [0.1, 0.15) is 56.6 Å². The van der Waals surface area contributed by atoms with Gasteiger partial charge in [0.1, 0.15) is 0 Å². The van der Waals surface area contributed by atoms with Crippen molar-refractivity contribution in [1.29, 1.82) is 0 Å². The molecule has 0 amide bonds. The van der Waals surface area contributed by atoms with Crippen LogP contribution >= 0.6 is 0 Å². The van der Waals surface area contributed by atoms with Gasteiger partial charge in [0.15, 0.2) is 0 Å². The van der Waals surface area contributed by atoms with Gasteiger partial charge in [-0.1, -0.05) is 38.3 Å². The van der Waals surface area contributed by atoms with Gasteiger partial charge in [0, 0.05) is 11.6 Å². The van der Waals surface area contributed by atoms with Gasteiger partial charge >= 0.3 is 0 Å². The first kappa shape index (κ1) is 16.0. The maximum absolute atomic E-state index is 5.57. The number of fused-ring (bicyclic) bond motifs is 1.